The molecule has 6 heteroatoms. The average molecular weight is 265 g/mol. The van der Waals surface area contributed by atoms with E-state index in [0.717, 1.165) is 17.8 Å². The topological polar surface area (TPSA) is 75.4 Å². The summed E-state index contributed by atoms with van der Waals surface area (Å²) in [7, 11) is 0. The summed E-state index contributed by atoms with van der Waals surface area (Å²) in [4.78, 5) is 24.8. The maximum Gasteiger partial charge on any atom is 0.308 e. The van der Waals surface area contributed by atoms with Crippen molar-refractivity contribution in [2.24, 2.45) is 5.92 Å². The molecule has 0 bridgehead atoms. The molecule has 0 aliphatic carbocycles. The Morgan fingerprint density at radius 3 is 2.79 bits per heavy atom. The van der Waals surface area contributed by atoms with Crippen LogP contribution in [0.3, 0.4) is 0 Å². The number of amides is 1. The number of aromatic nitrogens is 2. The predicted octanol–water partition coefficient (Wildman–Crippen LogP) is 0.823. The molecular formula is C13H19N3O3. The molecule has 0 spiro atoms. The first-order valence-electron chi connectivity index (χ1n) is 6.49. The van der Waals surface area contributed by atoms with Crippen molar-refractivity contribution >= 4 is 11.9 Å². The molecule has 19 heavy (non-hydrogen) atoms. The van der Waals surface area contributed by atoms with Crippen LogP contribution in [0.5, 0.6) is 0 Å². The van der Waals surface area contributed by atoms with E-state index in [1.165, 1.54) is 0 Å². The highest BCUT2D eigenvalue weighted by atomic mass is 16.4. The van der Waals surface area contributed by atoms with Crippen molar-refractivity contribution in [3.63, 3.8) is 0 Å². The molecule has 1 amide bonds. The van der Waals surface area contributed by atoms with Crippen molar-refractivity contribution in [1.29, 1.82) is 0 Å². The minimum absolute atomic E-state index is 0.0582. The number of carboxylic acid groups (broad SMARTS) is 1. The Balaban J connectivity index is 2.00. The van der Waals surface area contributed by atoms with E-state index >= 15 is 0 Å². The Bertz CT molecular complexity index is 495. The van der Waals surface area contributed by atoms with Crippen LogP contribution in [0.1, 0.15) is 24.2 Å². The van der Waals surface area contributed by atoms with E-state index in [1.807, 2.05) is 19.9 Å². The van der Waals surface area contributed by atoms with Crippen LogP contribution in [0.15, 0.2) is 6.07 Å². The Kier molecular flexibility index (Phi) is 3.87. The molecule has 6 nitrogen and oxygen atoms in total. The van der Waals surface area contributed by atoms with Crippen LogP contribution in [0, 0.1) is 19.8 Å². The van der Waals surface area contributed by atoms with Gasteiger partial charge in [0.2, 0.25) is 5.91 Å². The molecule has 0 saturated carbocycles. The van der Waals surface area contributed by atoms with Crippen molar-refractivity contribution in [1.82, 2.24) is 14.7 Å². The molecule has 1 aromatic heterocycles. The van der Waals surface area contributed by atoms with Gasteiger partial charge in [-0.25, -0.2) is 0 Å². The van der Waals surface area contributed by atoms with E-state index in [2.05, 4.69) is 5.10 Å². The first-order chi connectivity index (χ1) is 8.97. The second-order valence-corrected chi connectivity index (χ2v) is 5.10. The quantitative estimate of drug-likeness (QED) is 0.878. The molecule has 1 fully saturated rings. The van der Waals surface area contributed by atoms with Gasteiger partial charge in [0.1, 0.15) is 6.54 Å². The fourth-order valence-corrected chi connectivity index (χ4v) is 2.47. The lowest BCUT2D eigenvalue weighted by atomic mass is 9.98. The van der Waals surface area contributed by atoms with Gasteiger partial charge in [-0.05, 0) is 32.8 Å². The number of carboxylic acids is 1. The third-order valence-corrected chi connectivity index (χ3v) is 3.51. The number of aryl methyl sites for hydroxylation is 2. The second-order valence-electron chi connectivity index (χ2n) is 5.10. The number of carbonyl (C=O) groups is 2. The standard InChI is InChI=1S/C13H19N3O3/c1-9-6-10(2)16(14-9)8-12(17)15-5-3-4-11(7-15)13(18)19/h6,11H,3-5,7-8H2,1-2H3,(H,18,19). The Hall–Kier alpha value is -1.85. The number of aliphatic carboxylic acids is 1. The Labute approximate surface area is 112 Å². The van der Waals surface area contributed by atoms with Crippen molar-refractivity contribution in [2.45, 2.75) is 33.2 Å². The predicted molar refractivity (Wildman–Crippen MR) is 68.6 cm³/mol. The van der Waals surface area contributed by atoms with Crippen LogP contribution >= 0.6 is 0 Å². The minimum atomic E-state index is -0.816. The van der Waals surface area contributed by atoms with E-state index in [9.17, 15) is 9.59 Å². The number of likely N-dealkylation sites (tertiary alicyclic amines) is 1. The molecule has 1 aromatic rings. The number of piperidine rings is 1. The summed E-state index contributed by atoms with van der Waals surface area (Å²) in [6.07, 6.45) is 1.40. The maximum absolute atomic E-state index is 12.2. The molecule has 1 N–H and O–H groups in total. The van der Waals surface area contributed by atoms with Crippen LogP contribution in [0.2, 0.25) is 0 Å². The van der Waals surface area contributed by atoms with Gasteiger partial charge in [-0.2, -0.15) is 5.10 Å². The number of rotatable bonds is 3. The van der Waals surface area contributed by atoms with Gasteiger partial charge in [0.05, 0.1) is 11.6 Å². The van der Waals surface area contributed by atoms with E-state index in [1.54, 1.807) is 9.58 Å². The van der Waals surface area contributed by atoms with Crippen LogP contribution in [0.25, 0.3) is 0 Å². The van der Waals surface area contributed by atoms with Gasteiger partial charge in [0.15, 0.2) is 0 Å². The Morgan fingerprint density at radius 2 is 2.21 bits per heavy atom. The highest BCUT2D eigenvalue weighted by molar-refractivity contribution is 5.77. The lowest BCUT2D eigenvalue weighted by molar-refractivity contribution is -0.145. The molecule has 1 aliphatic heterocycles. The summed E-state index contributed by atoms with van der Waals surface area (Å²) in [6.45, 7) is 4.93. The monoisotopic (exact) mass is 265 g/mol. The SMILES string of the molecule is Cc1cc(C)n(CC(=O)N2CCCC(C(=O)O)C2)n1. The van der Waals surface area contributed by atoms with Crippen molar-refractivity contribution < 1.29 is 14.7 Å². The van der Waals surface area contributed by atoms with Gasteiger partial charge in [0, 0.05) is 18.8 Å². The molecule has 0 aromatic carbocycles. The number of hydrogen-bond acceptors (Lipinski definition) is 3. The normalized spacial score (nSPS) is 19.5. The molecule has 0 radical (unpaired) electrons. The van der Waals surface area contributed by atoms with Gasteiger partial charge in [-0.1, -0.05) is 0 Å². The smallest absolute Gasteiger partial charge is 0.308 e. The zero-order chi connectivity index (χ0) is 14.0. The van der Waals surface area contributed by atoms with Crippen LogP contribution in [0.4, 0.5) is 0 Å². The number of nitrogens with zero attached hydrogens (tertiary/aromatic N) is 3. The van der Waals surface area contributed by atoms with Crippen LogP contribution in [-0.4, -0.2) is 44.8 Å². The lowest BCUT2D eigenvalue weighted by Gasteiger charge is -2.30. The van der Waals surface area contributed by atoms with Gasteiger partial charge >= 0.3 is 5.97 Å². The zero-order valence-electron chi connectivity index (χ0n) is 11.3. The Morgan fingerprint density at radius 1 is 1.47 bits per heavy atom. The minimum Gasteiger partial charge on any atom is -0.481 e. The second kappa shape index (κ2) is 5.42. The molecular weight excluding hydrogens is 246 g/mol. The van der Waals surface area contributed by atoms with Crippen molar-refractivity contribution in [3.05, 3.63) is 17.5 Å². The molecule has 2 heterocycles. The van der Waals surface area contributed by atoms with E-state index in [0.29, 0.717) is 19.5 Å². The summed E-state index contributed by atoms with van der Waals surface area (Å²) in [5.74, 6) is -1.31. The summed E-state index contributed by atoms with van der Waals surface area (Å²) in [5.41, 5.74) is 1.82. The lowest BCUT2D eigenvalue weighted by Crippen LogP contribution is -2.43. The van der Waals surface area contributed by atoms with Gasteiger partial charge < -0.3 is 10.0 Å². The molecule has 1 atom stereocenters. The fourth-order valence-electron chi connectivity index (χ4n) is 2.47. The van der Waals surface area contributed by atoms with Gasteiger partial charge in [-0.15, -0.1) is 0 Å². The highest BCUT2D eigenvalue weighted by Crippen LogP contribution is 2.17. The zero-order valence-corrected chi connectivity index (χ0v) is 11.3. The van der Waals surface area contributed by atoms with E-state index < -0.39 is 11.9 Å². The maximum atomic E-state index is 12.2. The van der Waals surface area contributed by atoms with Crippen LogP contribution in [-0.2, 0) is 16.1 Å². The molecule has 1 saturated heterocycles. The van der Waals surface area contributed by atoms with E-state index in [4.69, 9.17) is 5.11 Å². The molecule has 1 unspecified atom stereocenters. The summed E-state index contributed by atoms with van der Waals surface area (Å²) in [5, 5.41) is 13.3. The first-order valence-corrected chi connectivity index (χ1v) is 6.49. The highest BCUT2D eigenvalue weighted by Gasteiger charge is 2.28. The summed E-state index contributed by atoms with van der Waals surface area (Å²) in [6, 6.07) is 1.92. The molecule has 1 aliphatic rings. The van der Waals surface area contributed by atoms with E-state index in [-0.39, 0.29) is 12.5 Å². The van der Waals surface area contributed by atoms with Gasteiger partial charge in [-0.3, -0.25) is 14.3 Å². The largest absolute Gasteiger partial charge is 0.481 e. The van der Waals surface area contributed by atoms with Crippen molar-refractivity contribution in [2.75, 3.05) is 13.1 Å². The molecule has 2 rings (SSSR count). The number of carbonyl (C=O) groups excluding carboxylic acids is 1. The van der Waals surface area contributed by atoms with Gasteiger partial charge in [0.25, 0.3) is 0 Å². The first kappa shape index (κ1) is 13.6. The third-order valence-electron chi connectivity index (χ3n) is 3.51. The summed E-state index contributed by atoms with van der Waals surface area (Å²) >= 11 is 0. The average Bonchev–Trinajstić information content (AvgIpc) is 2.68. The third kappa shape index (κ3) is 3.13. The fraction of sp³-hybridized carbons (Fsp3) is 0.615. The van der Waals surface area contributed by atoms with Crippen LogP contribution < -0.4 is 0 Å². The summed E-state index contributed by atoms with van der Waals surface area (Å²) < 4.78 is 1.67. The number of hydrogen-bond donors (Lipinski definition) is 1. The van der Waals surface area contributed by atoms with Crippen molar-refractivity contribution in [3.8, 4) is 0 Å². The molecule has 104 valence electrons.